The number of nitrogens with zero attached hydrogens (tertiary/aromatic N) is 2. The van der Waals surface area contributed by atoms with Crippen LogP contribution < -0.4 is 5.73 Å². The van der Waals surface area contributed by atoms with E-state index in [0.717, 1.165) is 18.2 Å². The van der Waals surface area contributed by atoms with E-state index in [1.54, 1.807) is 0 Å². The number of nitrogens with two attached hydrogens (primary N) is 1. The van der Waals surface area contributed by atoms with Crippen molar-refractivity contribution in [2.75, 3.05) is 0 Å². The topological polar surface area (TPSA) is 64.9 Å². The third kappa shape index (κ3) is 2.91. The van der Waals surface area contributed by atoms with Crippen molar-refractivity contribution in [3.8, 4) is 0 Å². The zero-order chi connectivity index (χ0) is 13.1. The molecule has 0 spiro atoms. The predicted octanol–water partition coefficient (Wildman–Crippen LogP) is 3.41. The van der Waals surface area contributed by atoms with Gasteiger partial charge in [-0.25, -0.2) is 0 Å². The van der Waals surface area contributed by atoms with Crippen molar-refractivity contribution >= 4 is 0 Å². The molecule has 0 radical (unpaired) electrons. The van der Waals surface area contributed by atoms with E-state index in [1.165, 1.54) is 25.7 Å². The molecule has 2 rings (SSSR count). The summed E-state index contributed by atoms with van der Waals surface area (Å²) in [7, 11) is 0. The van der Waals surface area contributed by atoms with Crippen LogP contribution in [0.1, 0.15) is 76.6 Å². The number of hydrogen-bond donors (Lipinski definition) is 1. The number of hydrogen-bond acceptors (Lipinski definition) is 4. The summed E-state index contributed by atoms with van der Waals surface area (Å²) in [5.41, 5.74) is 6.12. The molecule has 0 aliphatic heterocycles. The van der Waals surface area contributed by atoms with Gasteiger partial charge in [0.15, 0.2) is 5.82 Å². The van der Waals surface area contributed by atoms with E-state index in [0.29, 0.717) is 17.7 Å². The Morgan fingerprint density at radius 3 is 2.61 bits per heavy atom. The second-order valence-corrected chi connectivity index (χ2v) is 5.86. The van der Waals surface area contributed by atoms with Gasteiger partial charge in [0.1, 0.15) is 0 Å². The summed E-state index contributed by atoms with van der Waals surface area (Å²) in [5.74, 6) is 3.18. The first-order chi connectivity index (χ1) is 8.61. The van der Waals surface area contributed by atoms with Crippen LogP contribution in [0.4, 0.5) is 0 Å². The number of rotatable bonds is 4. The van der Waals surface area contributed by atoms with Crippen LogP contribution >= 0.6 is 0 Å². The average molecular weight is 251 g/mol. The van der Waals surface area contributed by atoms with Crippen LogP contribution in [0, 0.1) is 11.8 Å². The molecule has 2 atom stereocenters. The van der Waals surface area contributed by atoms with Crippen molar-refractivity contribution in [2.24, 2.45) is 17.6 Å². The number of aromatic nitrogens is 2. The zero-order valence-electron chi connectivity index (χ0n) is 11.7. The van der Waals surface area contributed by atoms with Crippen molar-refractivity contribution < 1.29 is 4.52 Å². The fraction of sp³-hybridized carbons (Fsp3) is 0.857. The highest BCUT2D eigenvalue weighted by molar-refractivity contribution is 5.00. The Labute approximate surface area is 109 Å². The summed E-state index contributed by atoms with van der Waals surface area (Å²) in [5, 5.41) is 4.14. The van der Waals surface area contributed by atoms with E-state index in [9.17, 15) is 0 Å². The molecule has 1 fully saturated rings. The molecule has 1 aliphatic rings. The fourth-order valence-corrected chi connectivity index (χ4v) is 2.56. The summed E-state index contributed by atoms with van der Waals surface area (Å²) >= 11 is 0. The molecule has 1 aromatic rings. The van der Waals surface area contributed by atoms with Gasteiger partial charge < -0.3 is 10.3 Å². The highest BCUT2D eigenvalue weighted by Gasteiger charge is 2.26. The lowest BCUT2D eigenvalue weighted by molar-refractivity contribution is 0.301. The van der Waals surface area contributed by atoms with Crippen LogP contribution in [0.2, 0.25) is 0 Å². The maximum atomic E-state index is 6.12. The van der Waals surface area contributed by atoms with E-state index < -0.39 is 0 Å². The molecule has 1 aliphatic carbocycles. The van der Waals surface area contributed by atoms with Gasteiger partial charge in [0.05, 0.1) is 6.04 Å². The molecule has 1 heterocycles. The van der Waals surface area contributed by atoms with Gasteiger partial charge in [-0.1, -0.05) is 45.2 Å². The molecule has 0 aromatic carbocycles. The summed E-state index contributed by atoms with van der Waals surface area (Å²) in [6.07, 6.45) is 5.93. The maximum Gasteiger partial charge on any atom is 0.243 e. The lowest BCUT2D eigenvalue weighted by Gasteiger charge is -2.23. The molecule has 18 heavy (non-hydrogen) atoms. The summed E-state index contributed by atoms with van der Waals surface area (Å²) in [4.78, 5) is 4.53. The predicted molar refractivity (Wildman–Crippen MR) is 71.1 cm³/mol. The van der Waals surface area contributed by atoms with Crippen molar-refractivity contribution in [1.82, 2.24) is 10.1 Å². The van der Waals surface area contributed by atoms with Gasteiger partial charge in [0, 0.05) is 5.92 Å². The van der Waals surface area contributed by atoms with E-state index in [2.05, 4.69) is 30.9 Å². The average Bonchev–Trinajstić information content (AvgIpc) is 2.87. The fourth-order valence-electron chi connectivity index (χ4n) is 2.56. The van der Waals surface area contributed by atoms with Crippen LogP contribution in [0.15, 0.2) is 4.52 Å². The first-order valence-electron chi connectivity index (χ1n) is 7.20. The summed E-state index contributed by atoms with van der Waals surface area (Å²) in [6.45, 7) is 6.57. The molecule has 0 amide bonds. The lowest BCUT2D eigenvalue weighted by atomic mass is 9.83. The molecular weight excluding hydrogens is 226 g/mol. The van der Waals surface area contributed by atoms with Crippen molar-refractivity contribution in [1.29, 1.82) is 0 Å². The second kappa shape index (κ2) is 5.83. The molecule has 4 nitrogen and oxygen atoms in total. The standard InChI is InChI=1S/C14H25N3O/c1-4-10(3)12(15)14-16-13(17-18-14)11-7-5-9(2)6-8-11/h9-12H,4-8,15H2,1-3H3/t9?,10-,11?,12-/m0/s1. The van der Waals surface area contributed by atoms with Crippen molar-refractivity contribution in [2.45, 2.75) is 64.8 Å². The Bertz CT molecular complexity index is 369. The van der Waals surface area contributed by atoms with Crippen LogP contribution in [-0.4, -0.2) is 10.1 Å². The van der Waals surface area contributed by atoms with E-state index in [1.807, 2.05) is 0 Å². The molecule has 0 unspecified atom stereocenters. The minimum atomic E-state index is -0.126. The highest BCUT2D eigenvalue weighted by atomic mass is 16.5. The Hall–Kier alpha value is -0.900. The Morgan fingerprint density at radius 1 is 1.33 bits per heavy atom. The summed E-state index contributed by atoms with van der Waals surface area (Å²) < 4.78 is 5.34. The first-order valence-corrected chi connectivity index (χ1v) is 7.20. The van der Waals surface area contributed by atoms with Gasteiger partial charge in [0.25, 0.3) is 0 Å². The third-order valence-corrected chi connectivity index (χ3v) is 4.38. The van der Waals surface area contributed by atoms with E-state index in [-0.39, 0.29) is 6.04 Å². The molecular formula is C14H25N3O. The smallest absolute Gasteiger partial charge is 0.243 e. The zero-order valence-corrected chi connectivity index (χ0v) is 11.7. The normalized spacial score (nSPS) is 28.0. The molecule has 0 saturated heterocycles. The first kappa shape index (κ1) is 13.5. The molecule has 2 N–H and O–H groups in total. The Balaban J connectivity index is 2.01. The van der Waals surface area contributed by atoms with E-state index >= 15 is 0 Å². The monoisotopic (exact) mass is 251 g/mol. The minimum Gasteiger partial charge on any atom is -0.338 e. The van der Waals surface area contributed by atoms with Gasteiger partial charge in [-0.3, -0.25) is 0 Å². The highest BCUT2D eigenvalue weighted by Crippen LogP contribution is 2.34. The van der Waals surface area contributed by atoms with Gasteiger partial charge in [0.2, 0.25) is 5.89 Å². The van der Waals surface area contributed by atoms with Gasteiger partial charge >= 0.3 is 0 Å². The largest absolute Gasteiger partial charge is 0.338 e. The quantitative estimate of drug-likeness (QED) is 0.890. The third-order valence-electron chi connectivity index (χ3n) is 4.38. The maximum absolute atomic E-state index is 6.12. The van der Waals surface area contributed by atoms with Gasteiger partial charge in [-0.15, -0.1) is 0 Å². The SMILES string of the molecule is CC[C@H](C)[C@H](N)c1nc(C2CCC(C)CC2)no1. The molecule has 0 bridgehead atoms. The van der Waals surface area contributed by atoms with Crippen LogP contribution in [0.3, 0.4) is 0 Å². The molecule has 1 aromatic heterocycles. The molecule has 102 valence electrons. The second-order valence-electron chi connectivity index (χ2n) is 5.86. The molecule has 1 saturated carbocycles. The summed E-state index contributed by atoms with van der Waals surface area (Å²) in [6, 6.07) is -0.126. The van der Waals surface area contributed by atoms with Crippen molar-refractivity contribution in [3.05, 3.63) is 11.7 Å². The van der Waals surface area contributed by atoms with Gasteiger partial charge in [-0.2, -0.15) is 4.98 Å². The lowest BCUT2D eigenvalue weighted by Crippen LogP contribution is -2.19. The minimum absolute atomic E-state index is 0.126. The Kier molecular flexibility index (Phi) is 4.38. The van der Waals surface area contributed by atoms with Crippen LogP contribution in [0.5, 0.6) is 0 Å². The van der Waals surface area contributed by atoms with Crippen molar-refractivity contribution in [3.63, 3.8) is 0 Å². The van der Waals surface area contributed by atoms with Gasteiger partial charge in [-0.05, 0) is 24.7 Å². The Morgan fingerprint density at radius 2 is 2.00 bits per heavy atom. The van der Waals surface area contributed by atoms with E-state index in [4.69, 9.17) is 10.3 Å². The van der Waals surface area contributed by atoms with Crippen LogP contribution in [0.25, 0.3) is 0 Å². The molecule has 4 heteroatoms. The van der Waals surface area contributed by atoms with Crippen LogP contribution in [-0.2, 0) is 0 Å².